The topological polar surface area (TPSA) is 33.0 Å². The molecule has 1 atom stereocenters. The van der Waals surface area contributed by atoms with E-state index in [-0.39, 0.29) is 6.10 Å². The maximum atomic E-state index is 8.50. The van der Waals surface area contributed by atoms with Crippen LogP contribution >= 0.6 is 0 Å². The van der Waals surface area contributed by atoms with Crippen molar-refractivity contribution in [2.24, 2.45) is 0 Å². The van der Waals surface area contributed by atoms with Crippen molar-refractivity contribution in [1.82, 2.24) is 0 Å². The number of ether oxygens (including phenoxy) is 1. The Kier molecular flexibility index (Phi) is 3.31. The van der Waals surface area contributed by atoms with Crippen molar-refractivity contribution in [2.45, 2.75) is 12.5 Å². The minimum Gasteiger partial charge on any atom is -0.376 e. The average molecular weight is 161 g/mol. The molecule has 0 saturated heterocycles. The van der Waals surface area contributed by atoms with Crippen LogP contribution in [0, 0.1) is 11.3 Å². The summed E-state index contributed by atoms with van der Waals surface area (Å²) in [5.41, 5.74) is 1.06. The van der Waals surface area contributed by atoms with E-state index in [1.54, 1.807) is 7.11 Å². The molecule has 62 valence electrons. The third kappa shape index (κ3) is 2.08. The number of nitrogens with zero attached hydrogens (tertiary/aromatic N) is 1. The molecule has 0 aliphatic rings. The summed E-state index contributed by atoms with van der Waals surface area (Å²) in [5.74, 6) is 0. The summed E-state index contributed by atoms with van der Waals surface area (Å²) in [7, 11) is 1.62. The molecule has 0 heterocycles. The number of benzene rings is 1. The molecule has 0 amide bonds. The van der Waals surface area contributed by atoms with Gasteiger partial charge in [-0.3, -0.25) is 0 Å². The van der Waals surface area contributed by atoms with Gasteiger partial charge in [0.2, 0.25) is 0 Å². The zero-order chi connectivity index (χ0) is 8.81. The van der Waals surface area contributed by atoms with Crippen molar-refractivity contribution in [3.8, 4) is 6.07 Å². The molecule has 0 bridgehead atoms. The van der Waals surface area contributed by atoms with Gasteiger partial charge in [0.05, 0.1) is 18.6 Å². The molecule has 1 aromatic rings. The van der Waals surface area contributed by atoms with Gasteiger partial charge in [-0.2, -0.15) is 5.26 Å². The third-order valence-electron chi connectivity index (χ3n) is 1.73. The smallest absolute Gasteiger partial charge is 0.0950 e. The molecule has 1 rings (SSSR count). The highest BCUT2D eigenvalue weighted by Gasteiger charge is 2.07. The molecule has 0 aliphatic heterocycles. The van der Waals surface area contributed by atoms with Crippen molar-refractivity contribution >= 4 is 0 Å². The predicted molar refractivity (Wildman–Crippen MR) is 46.4 cm³/mol. The molecule has 0 N–H and O–H groups in total. The Balaban J connectivity index is 2.75. The van der Waals surface area contributed by atoms with Gasteiger partial charge in [-0.1, -0.05) is 30.3 Å². The van der Waals surface area contributed by atoms with E-state index in [4.69, 9.17) is 10.00 Å². The summed E-state index contributed by atoms with van der Waals surface area (Å²) < 4.78 is 5.15. The van der Waals surface area contributed by atoms with E-state index in [2.05, 4.69) is 6.07 Å². The zero-order valence-electron chi connectivity index (χ0n) is 7.03. The van der Waals surface area contributed by atoms with E-state index < -0.39 is 0 Å². The molecular weight excluding hydrogens is 150 g/mol. The molecule has 0 spiro atoms. The summed E-state index contributed by atoms with van der Waals surface area (Å²) in [6.45, 7) is 0. The van der Waals surface area contributed by atoms with Crippen LogP contribution in [-0.2, 0) is 4.74 Å². The molecule has 1 aromatic carbocycles. The van der Waals surface area contributed by atoms with Gasteiger partial charge in [0.1, 0.15) is 0 Å². The van der Waals surface area contributed by atoms with Crippen molar-refractivity contribution < 1.29 is 4.74 Å². The van der Waals surface area contributed by atoms with Gasteiger partial charge in [0.15, 0.2) is 0 Å². The Morgan fingerprint density at radius 1 is 1.42 bits per heavy atom. The summed E-state index contributed by atoms with van der Waals surface area (Å²) in [6, 6.07) is 11.9. The second kappa shape index (κ2) is 4.53. The molecule has 12 heavy (non-hydrogen) atoms. The summed E-state index contributed by atoms with van der Waals surface area (Å²) >= 11 is 0. The van der Waals surface area contributed by atoms with Crippen LogP contribution < -0.4 is 0 Å². The van der Waals surface area contributed by atoms with Gasteiger partial charge in [-0.25, -0.2) is 0 Å². The molecule has 0 unspecified atom stereocenters. The maximum absolute atomic E-state index is 8.50. The Bertz CT molecular complexity index is 263. The fourth-order valence-electron chi connectivity index (χ4n) is 1.09. The van der Waals surface area contributed by atoms with Gasteiger partial charge in [0, 0.05) is 7.11 Å². The third-order valence-corrected chi connectivity index (χ3v) is 1.73. The van der Waals surface area contributed by atoms with Gasteiger partial charge >= 0.3 is 0 Å². The average Bonchev–Trinajstić information content (AvgIpc) is 2.15. The van der Waals surface area contributed by atoms with E-state index in [0.29, 0.717) is 6.42 Å². The largest absolute Gasteiger partial charge is 0.376 e. The highest BCUT2D eigenvalue weighted by Crippen LogP contribution is 2.18. The quantitative estimate of drug-likeness (QED) is 0.681. The van der Waals surface area contributed by atoms with Crippen LogP contribution in [0.4, 0.5) is 0 Å². The van der Waals surface area contributed by atoms with Crippen LogP contribution in [0.15, 0.2) is 30.3 Å². The summed E-state index contributed by atoms with van der Waals surface area (Å²) in [4.78, 5) is 0. The van der Waals surface area contributed by atoms with Crippen molar-refractivity contribution in [1.29, 1.82) is 5.26 Å². The zero-order valence-corrected chi connectivity index (χ0v) is 7.03. The first-order valence-electron chi connectivity index (χ1n) is 3.83. The van der Waals surface area contributed by atoms with Crippen LogP contribution in [0.3, 0.4) is 0 Å². The molecule has 0 radical (unpaired) electrons. The van der Waals surface area contributed by atoms with Crippen molar-refractivity contribution in [3.63, 3.8) is 0 Å². The second-order valence-electron chi connectivity index (χ2n) is 2.50. The van der Waals surface area contributed by atoms with E-state index in [1.807, 2.05) is 30.3 Å². The molecule has 2 nitrogen and oxygen atoms in total. The Hall–Kier alpha value is -1.33. The monoisotopic (exact) mass is 161 g/mol. The lowest BCUT2D eigenvalue weighted by molar-refractivity contribution is 0.107. The second-order valence-corrected chi connectivity index (χ2v) is 2.50. The number of hydrogen-bond acceptors (Lipinski definition) is 2. The lowest BCUT2D eigenvalue weighted by atomic mass is 10.1. The molecular formula is C10H11NO. The molecule has 2 heteroatoms. The van der Waals surface area contributed by atoms with Crippen LogP contribution in [0.25, 0.3) is 0 Å². The molecule has 0 aliphatic carbocycles. The number of nitriles is 1. The minimum absolute atomic E-state index is 0.0869. The van der Waals surface area contributed by atoms with Gasteiger partial charge < -0.3 is 4.74 Å². The number of hydrogen-bond donors (Lipinski definition) is 0. The van der Waals surface area contributed by atoms with Crippen LogP contribution in [0.5, 0.6) is 0 Å². The van der Waals surface area contributed by atoms with Gasteiger partial charge in [0.25, 0.3) is 0 Å². The van der Waals surface area contributed by atoms with Crippen LogP contribution in [-0.4, -0.2) is 7.11 Å². The summed E-state index contributed by atoms with van der Waals surface area (Å²) in [6.07, 6.45) is 0.316. The Morgan fingerprint density at radius 3 is 2.58 bits per heavy atom. The first-order chi connectivity index (χ1) is 5.88. The highest BCUT2D eigenvalue weighted by molar-refractivity contribution is 5.18. The fraction of sp³-hybridized carbons (Fsp3) is 0.300. The van der Waals surface area contributed by atoms with Crippen molar-refractivity contribution in [2.75, 3.05) is 7.11 Å². The van der Waals surface area contributed by atoms with Crippen molar-refractivity contribution in [3.05, 3.63) is 35.9 Å². The normalized spacial score (nSPS) is 12.0. The minimum atomic E-state index is -0.0869. The summed E-state index contributed by atoms with van der Waals surface area (Å²) in [5, 5.41) is 8.50. The molecule has 0 saturated carbocycles. The maximum Gasteiger partial charge on any atom is 0.0950 e. The van der Waals surface area contributed by atoms with E-state index in [9.17, 15) is 0 Å². The molecule has 0 aromatic heterocycles. The SMILES string of the molecule is CO[C@H](CC#N)c1ccccc1. The Morgan fingerprint density at radius 2 is 2.08 bits per heavy atom. The van der Waals surface area contributed by atoms with E-state index in [1.165, 1.54) is 0 Å². The first kappa shape index (κ1) is 8.76. The van der Waals surface area contributed by atoms with E-state index in [0.717, 1.165) is 5.56 Å². The van der Waals surface area contributed by atoms with Gasteiger partial charge in [-0.15, -0.1) is 0 Å². The standard InChI is InChI=1S/C10H11NO/c1-12-10(7-8-11)9-5-3-2-4-6-9/h2-6,10H,7H2,1H3/t10-/m1/s1. The number of rotatable bonds is 3. The van der Waals surface area contributed by atoms with Crippen LogP contribution in [0.2, 0.25) is 0 Å². The Labute approximate surface area is 72.4 Å². The van der Waals surface area contributed by atoms with E-state index >= 15 is 0 Å². The molecule has 0 fully saturated rings. The first-order valence-corrected chi connectivity index (χ1v) is 3.83. The van der Waals surface area contributed by atoms with Crippen LogP contribution in [0.1, 0.15) is 18.1 Å². The fourth-order valence-corrected chi connectivity index (χ4v) is 1.09. The highest BCUT2D eigenvalue weighted by atomic mass is 16.5. The predicted octanol–water partition coefficient (Wildman–Crippen LogP) is 2.29. The van der Waals surface area contributed by atoms with Gasteiger partial charge in [-0.05, 0) is 5.56 Å². The number of methoxy groups -OCH3 is 1. The lowest BCUT2D eigenvalue weighted by Gasteiger charge is -2.10. The lowest BCUT2D eigenvalue weighted by Crippen LogP contribution is -1.99.